The van der Waals surface area contributed by atoms with Crippen LogP contribution in [0.2, 0.25) is 0 Å². The van der Waals surface area contributed by atoms with Crippen molar-refractivity contribution in [3.05, 3.63) is 55.7 Å². The van der Waals surface area contributed by atoms with Crippen LogP contribution in [0, 0.1) is 12.7 Å². The van der Waals surface area contributed by atoms with Crippen LogP contribution in [0.4, 0.5) is 10.1 Å². The van der Waals surface area contributed by atoms with Crippen LogP contribution in [0.3, 0.4) is 0 Å². The molecule has 2 aromatic rings. The number of hydrogen-bond acceptors (Lipinski definition) is 3. The van der Waals surface area contributed by atoms with Gasteiger partial charge in [0, 0.05) is 18.5 Å². The second kappa shape index (κ2) is 9.37. The topological polar surface area (TPSA) is 58.6 Å². The van der Waals surface area contributed by atoms with E-state index in [9.17, 15) is 9.18 Å². The smallest absolute Gasteiger partial charge is 0.303 e. The van der Waals surface area contributed by atoms with Crippen LogP contribution in [0.5, 0.6) is 5.75 Å². The number of halogens is 3. The fraction of sp³-hybridized carbons (Fsp3) is 0.316. The summed E-state index contributed by atoms with van der Waals surface area (Å²) in [4.78, 5) is 10.7. The lowest BCUT2D eigenvalue weighted by atomic mass is 10.1. The highest BCUT2D eigenvalue weighted by Gasteiger charge is 2.14. The second-order valence-electron chi connectivity index (χ2n) is 5.89. The van der Waals surface area contributed by atoms with E-state index in [1.807, 2.05) is 26.0 Å². The molecule has 0 aromatic heterocycles. The lowest BCUT2D eigenvalue weighted by Crippen LogP contribution is -2.06. The minimum Gasteiger partial charge on any atom is -0.486 e. The number of aliphatic carboxylic acids is 1. The van der Waals surface area contributed by atoms with Gasteiger partial charge >= 0.3 is 5.97 Å². The molecule has 140 valence electrons. The van der Waals surface area contributed by atoms with Gasteiger partial charge < -0.3 is 15.2 Å². The molecule has 0 fully saturated rings. The van der Waals surface area contributed by atoms with E-state index < -0.39 is 5.97 Å². The lowest BCUT2D eigenvalue weighted by molar-refractivity contribution is -0.136. The summed E-state index contributed by atoms with van der Waals surface area (Å²) in [5, 5.41) is 11.8. The molecule has 0 spiro atoms. The monoisotopic (exact) mass is 487 g/mol. The number of anilines is 1. The zero-order valence-electron chi connectivity index (χ0n) is 14.5. The first-order valence-electron chi connectivity index (χ1n) is 8.17. The van der Waals surface area contributed by atoms with Gasteiger partial charge in [0.2, 0.25) is 0 Å². The number of carbonyl (C=O) groups is 1. The molecule has 26 heavy (non-hydrogen) atoms. The molecule has 4 nitrogen and oxygen atoms in total. The Morgan fingerprint density at radius 2 is 1.88 bits per heavy atom. The maximum atomic E-state index is 14.6. The molecule has 0 heterocycles. The average Bonchev–Trinajstić information content (AvgIpc) is 2.56. The van der Waals surface area contributed by atoms with E-state index in [-0.39, 0.29) is 18.8 Å². The molecule has 2 aromatic carbocycles. The third kappa shape index (κ3) is 5.45. The second-order valence-corrected chi connectivity index (χ2v) is 7.60. The van der Waals surface area contributed by atoms with E-state index in [2.05, 4.69) is 37.2 Å². The number of nitrogens with one attached hydrogen (secondary N) is 1. The van der Waals surface area contributed by atoms with Crippen molar-refractivity contribution in [1.82, 2.24) is 0 Å². The first kappa shape index (κ1) is 20.7. The Kier molecular flexibility index (Phi) is 7.46. The zero-order valence-corrected chi connectivity index (χ0v) is 17.7. The summed E-state index contributed by atoms with van der Waals surface area (Å²) in [5.74, 6) is -0.609. The highest BCUT2D eigenvalue weighted by atomic mass is 79.9. The Morgan fingerprint density at radius 1 is 1.23 bits per heavy atom. The van der Waals surface area contributed by atoms with Gasteiger partial charge in [0.05, 0.1) is 14.6 Å². The van der Waals surface area contributed by atoms with E-state index in [4.69, 9.17) is 9.84 Å². The molecule has 0 aliphatic heterocycles. The van der Waals surface area contributed by atoms with Crippen molar-refractivity contribution in [1.29, 1.82) is 0 Å². The standard InChI is InChI=1S/C19H20Br2FNO3/c1-3-23-16-7-11(2)6-13(18(16)22)10-26-19-14(20)8-12(9-15(19)21)4-5-17(24)25/h6-9,23H,3-5,10H2,1-2H3,(H,24,25). The quantitative estimate of drug-likeness (QED) is 0.501. The van der Waals surface area contributed by atoms with Gasteiger partial charge in [-0.05, 0) is 87.5 Å². The maximum Gasteiger partial charge on any atom is 0.303 e. The van der Waals surface area contributed by atoms with Crippen LogP contribution in [0.1, 0.15) is 30.0 Å². The van der Waals surface area contributed by atoms with Crippen molar-refractivity contribution in [2.45, 2.75) is 33.3 Å². The van der Waals surface area contributed by atoms with Crippen molar-refractivity contribution >= 4 is 43.5 Å². The van der Waals surface area contributed by atoms with Crippen LogP contribution >= 0.6 is 31.9 Å². The van der Waals surface area contributed by atoms with Gasteiger partial charge in [-0.2, -0.15) is 0 Å². The predicted molar refractivity (Wildman–Crippen MR) is 107 cm³/mol. The van der Waals surface area contributed by atoms with E-state index in [1.165, 1.54) is 0 Å². The summed E-state index contributed by atoms with van der Waals surface area (Å²) in [5.41, 5.74) is 2.75. The molecule has 0 atom stereocenters. The Hall–Kier alpha value is -1.60. The number of ether oxygens (including phenoxy) is 1. The van der Waals surface area contributed by atoms with Gasteiger partial charge in [-0.1, -0.05) is 0 Å². The number of hydrogen-bond donors (Lipinski definition) is 2. The maximum absolute atomic E-state index is 14.6. The minimum atomic E-state index is -0.844. The summed E-state index contributed by atoms with van der Waals surface area (Å²) in [6.45, 7) is 4.54. The largest absolute Gasteiger partial charge is 0.486 e. The summed E-state index contributed by atoms with van der Waals surface area (Å²) in [7, 11) is 0. The fourth-order valence-electron chi connectivity index (χ4n) is 2.56. The number of carboxylic acids is 1. The molecule has 0 unspecified atom stereocenters. The first-order valence-corrected chi connectivity index (χ1v) is 9.75. The van der Waals surface area contributed by atoms with E-state index in [0.717, 1.165) is 11.1 Å². The molecule has 0 aliphatic carbocycles. The molecule has 0 amide bonds. The van der Waals surface area contributed by atoms with Gasteiger partial charge in [-0.3, -0.25) is 4.79 Å². The normalized spacial score (nSPS) is 10.7. The molecule has 0 aliphatic rings. The van der Waals surface area contributed by atoms with Crippen molar-refractivity contribution < 1.29 is 19.0 Å². The summed E-state index contributed by atoms with van der Waals surface area (Å²) < 4.78 is 21.8. The van der Waals surface area contributed by atoms with Gasteiger partial charge in [-0.15, -0.1) is 0 Å². The summed E-state index contributed by atoms with van der Waals surface area (Å²) >= 11 is 6.88. The molecule has 0 saturated heterocycles. The molecular formula is C19H20Br2FNO3. The number of aryl methyl sites for hydroxylation is 2. The van der Waals surface area contributed by atoms with Crippen molar-refractivity contribution in [2.24, 2.45) is 0 Å². The highest BCUT2D eigenvalue weighted by Crippen LogP contribution is 2.36. The van der Waals surface area contributed by atoms with Crippen LogP contribution in [-0.4, -0.2) is 17.6 Å². The van der Waals surface area contributed by atoms with Crippen molar-refractivity contribution in [3.8, 4) is 5.75 Å². The number of rotatable bonds is 8. The molecule has 2 N–H and O–H groups in total. The molecule has 0 radical (unpaired) electrons. The molecular weight excluding hydrogens is 469 g/mol. The first-order chi connectivity index (χ1) is 12.3. The predicted octanol–water partition coefficient (Wildman–Crippen LogP) is 5.69. The van der Waals surface area contributed by atoms with Crippen LogP contribution < -0.4 is 10.1 Å². The number of benzene rings is 2. The Balaban J connectivity index is 2.18. The van der Waals surface area contributed by atoms with Crippen molar-refractivity contribution in [2.75, 3.05) is 11.9 Å². The Morgan fingerprint density at radius 3 is 2.46 bits per heavy atom. The van der Waals surface area contributed by atoms with E-state index >= 15 is 0 Å². The Bertz CT molecular complexity index is 789. The summed E-state index contributed by atoms with van der Waals surface area (Å²) in [6.07, 6.45) is 0.478. The fourth-order valence-corrected chi connectivity index (χ4v) is 4.07. The molecule has 7 heteroatoms. The highest BCUT2D eigenvalue weighted by molar-refractivity contribution is 9.11. The number of carboxylic acid groups (broad SMARTS) is 1. The van der Waals surface area contributed by atoms with Gasteiger partial charge in [0.15, 0.2) is 5.82 Å². The van der Waals surface area contributed by atoms with E-state index in [0.29, 0.717) is 38.9 Å². The van der Waals surface area contributed by atoms with Gasteiger partial charge in [0.25, 0.3) is 0 Å². The van der Waals surface area contributed by atoms with Crippen LogP contribution in [0.25, 0.3) is 0 Å². The third-order valence-electron chi connectivity index (χ3n) is 3.72. The van der Waals surface area contributed by atoms with Gasteiger partial charge in [-0.25, -0.2) is 4.39 Å². The average molecular weight is 489 g/mol. The lowest BCUT2D eigenvalue weighted by Gasteiger charge is -2.15. The van der Waals surface area contributed by atoms with Crippen LogP contribution in [0.15, 0.2) is 33.2 Å². The van der Waals surface area contributed by atoms with Crippen LogP contribution in [-0.2, 0) is 17.8 Å². The summed E-state index contributed by atoms with van der Waals surface area (Å²) in [6, 6.07) is 7.17. The van der Waals surface area contributed by atoms with E-state index in [1.54, 1.807) is 12.1 Å². The minimum absolute atomic E-state index is 0.0563. The molecule has 0 saturated carbocycles. The Labute approximate surface area is 169 Å². The third-order valence-corrected chi connectivity index (χ3v) is 4.90. The van der Waals surface area contributed by atoms with Gasteiger partial charge in [0.1, 0.15) is 12.4 Å². The molecule has 2 rings (SSSR count). The SMILES string of the molecule is CCNc1cc(C)cc(COc2c(Br)cc(CCC(=O)O)cc2Br)c1F. The molecule has 0 bridgehead atoms. The zero-order chi connectivity index (χ0) is 19.3. The van der Waals surface area contributed by atoms with Crippen molar-refractivity contribution in [3.63, 3.8) is 0 Å².